The van der Waals surface area contributed by atoms with E-state index in [2.05, 4.69) is 15.5 Å². The van der Waals surface area contributed by atoms with Crippen LogP contribution in [0, 0.1) is 10.1 Å². The number of hydrogen-bond acceptors (Lipinski definition) is 7. The Bertz CT molecular complexity index is 1110. The van der Waals surface area contributed by atoms with Crippen LogP contribution in [0.2, 0.25) is 0 Å². The van der Waals surface area contributed by atoms with E-state index in [1.807, 2.05) is 6.92 Å². The lowest BCUT2D eigenvalue weighted by Gasteiger charge is -2.21. The number of halogens is 3. The van der Waals surface area contributed by atoms with Crippen LogP contribution < -0.4 is 21.9 Å². The van der Waals surface area contributed by atoms with Crippen LogP contribution in [0.25, 0.3) is 0 Å². The van der Waals surface area contributed by atoms with Gasteiger partial charge in [0.2, 0.25) is 0 Å². The zero-order chi connectivity index (χ0) is 25.5. The summed E-state index contributed by atoms with van der Waals surface area (Å²) in [5.74, 6) is 0.446. The maximum Gasteiger partial charge on any atom is 0.423 e. The lowest BCUT2D eigenvalue weighted by atomic mass is 10.1. The van der Waals surface area contributed by atoms with Crippen LogP contribution in [-0.4, -0.2) is 51.7 Å². The van der Waals surface area contributed by atoms with Crippen molar-refractivity contribution in [3.05, 3.63) is 60.8 Å². The predicted octanol–water partition coefficient (Wildman–Crippen LogP) is 2.64. The van der Waals surface area contributed by atoms with Gasteiger partial charge in [-0.1, -0.05) is 6.92 Å². The average Bonchev–Trinajstić information content (AvgIpc) is 2.78. The number of nitrogens with one attached hydrogen (secondary N) is 2. The number of rotatable bonds is 12. The van der Waals surface area contributed by atoms with Gasteiger partial charge in [0, 0.05) is 45.0 Å². The van der Waals surface area contributed by atoms with Crippen LogP contribution in [0.1, 0.15) is 25.3 Å². The van der Waals surface area contributed by atoms with Crippen molar-refractivity contribution in [3.8, 4) is 0 Å². The fourth-order valence-corrected chi connectivity index (χ4v) is 3.42. The molecule has 0 radical (unpaired) electrons. The largest absolute Gasteiger partial charge is 0.423 e. The van der Waals surface area contributed by atoms with Crippen LogP contribution in [0.5, 0.6) is 0 Å². The third kappa shape index (κ3) is 7.07. The van der Waals surface area contributed by atoms with E-state index in [1.54, 1.807) is 7.05 Å². The first-order valence-corrected chi connectivity index (χ1v) is 10.8. The molecule has 0 saturated heterocycles. The van der Waals surface area contributed by atoms with Crippen molar-refractivity contribution in [2.75, 3.05) is 43.4 Å². The molecule has 34 heavy (non-hydrogen) atoms. The van der Waals surface area contributed by atoms with E-state index in [9.17, 15) is 32.9 Å². The van der Waals surface area contributed by atoms with Gasteiger partial charge in [-0.05, 0) is 44.6 Å². The molecule has 1 aromatic carbocycles. The predicted molar refractivity (Wildman–Crippen MR) is 123 cm³/mol. The molecule has 0 aliphatic heterocycles. The Morgan fingerprint density at radius 1 is 1.03 bits per heavy atom. The second kappa shape index (κ2) is 11.7. The Kier molecular flexibility index (Phi) is 9.24. The molecule has 0 spiro atoms. The molecule has 188 valence electrons. The highest BCUT2D eigenvalue weighted by molar-refractivity contribution is 5.55. The number of nitro benzene ring substituents is 1. The Balaban J connectivity index is 1.80. The Hall–Kier alpha value is -3.35. The molecule has 2 N–H and O–H groups in total. The average molecular weight is 486 g/mol. The van der Waals surface area contributed by atoms with Gasteiger partial charge in [0.25, 0.3) is 11.2 Å². The Morgan fingerprint density at radius 3 is 2.21 bits per heavy atom. The van der Waals surface area contributed by atoms with Gasteiger partial charge in [-0.25, -0.2) is 4.79 Å². The number of anilines is 2. The highest BCUT2D eigenvalue weighted by Gasteiger charge is 2.38. The van der Waals surface area contributed by atoms with E-state index < -0.39 is 28.0 Å². The zero-order valence-corrected chi connectivity index (χ0v) is 19.3. The van der Waals surface area contributed by atoms with Crippen molar-refractivity contribution in [1.29, 1.82) is 0 Å². The zero-order valence-electron chi connectivity index (χ0n) is 19.3. The smallest absolute Gasteiger partial charge is 0.385 e. The van der Waals surface area contributed by atoms with Crippen molar-refractivity contribution >= 4 is 17.2 Å². The molecule has 2 aromatic rings. The minimum absolute atomic E-state index is 0.171. The third-order valence-electron chi connectivity index (χ3n) is 5.41. The van der Waals surface area contributed by atoms with Gasteiger partial charge in [0.15, 0.2) is 0 Å². The van der Waals surface area contributed by atoms with Crippen molar-refractivity contribution < 1.29 is 18.1 Å². The second-order valence-electron chi connectivity index (χ2n) is 7.75. The highest BCUT2D eigenvalue weighted by atomic mass is 19.4. The van der Waals surface area contributed by atoms with Crippen LogP contribution in [0.4, 0.5) is 30.4 Å². The lowest BCUT2D eigenvalue weighted by Crippen LogP contribution is -2.37. The molecule has 1 aromatic heterocycles. The molecule has 0 bridgehead atoms. The monoisotopic (exact) mass is 486 g/mol. The van der Waals surface area contributed by atoms with Gasteiger partial charge in [-0.15, -0.1) is 0 Å². The van der Waals surface area contributed by atoms with E-state index in [4.69, 9.17) is 0 Å². The maximum atomic E-state index is 13.1. The molecule has 0 saturated carbocycles. The van der Waals surface area contributed by atoms with Crippen molar-refractivity contribution in [3.63, 3.8) is 0 Å². The minimum Gasteiger partial charge on any atom is -0.385 e. The van der Waals surface area contributed by atoms with Gasteiger partial charge < -0.3 is 15.5 Å². The number of benzene rings is 1. The molecular weight excluding hydrogens is 457 g/mol. The Morgan fingerprint density at radius 2 is 1.65 bits per heavy atom. The quantitative estimate of drug-likeness (QED) is 0.269. The van der Waals surface area contributed by atoms with E-state index in [0.717, 1.165) is 36.2 Å². The standard InChI is InChI=1S/C21H29F3N6O4/c1-4-29(12-6-10-26-18-14-19(31)28(3)20(32)27(18)2)11-5-9-25-15-7-8-17(30(33)34)16(13-15)21(22,23)24/h7-8,13-14,25-26H,4-6,9-12H2,1-3H3. The van der Waals surface area contributed by atoms with Crippen LogP contribution in [0.15, 0.2) is 33.9 Å². The summed E-state index contributed by atoms with van der Waals surface area (Å²) < 4.78 is 41.7. The molecule has 2 rings (SSSR count). The highest BCUT2D eigenvalue weighted by Crippen LogP contribution is 2.37. The summed E-state index contributed by atoms with van der Waals surface area (Å²) >= 11 is 0. The normalized spacial score (nSPS) is 11.6. The van der Waals surface area contributed by atoms with E-state index in [1.165, 1.54) is 23.7 Å². The van der Waals surface area contributed by atoms with Crippen molar-refractivity contribution in [2.45, 2.75) is 25.9 Å². The van der Waals surface area contributed by atoms with E-state index in [-0.39, 0.29) is 11.2 Å². The van der Waals surface area contributed by atoms with Gasteiger partial charge in [-0.2, -0.15) is 13.2 Å². The summed E-state index contributed by atoms with van der Waals surface area (Å²) in [4.78, 5) is 35.7. The molecule has 0 fully saturated rings. The first kappa shape index (κ1) is 26.9. The second-order valence-corrected chi connectivity index (χ2v) is 7.75. The number of nitro groups is 1. The van der Waals surface area contributed by atoms with Crippen molar-refractivity contribution in [1.82, 2.24) is 14.0 Å². The SMILES string of the molecule is CCN(CCCNc1ccc([N+](=O)[O-])c(C(F)(F)F)c1)CCCNc1cc(=O)n(C)c(=O)n1C. The van der Waals surface area contributed by atoms with Crippen LogP contribution in [0.3, 0.4) is 0 Å². The Labute approximate surface area is 194 Å². The molecular formula is C21H29F3N6O4. The van der Waals surface area contributed by atoms with Crippen LogP contribution >= 0.6 is 0 Å². The van der Waals surface area contributed by atoms with Gasteiger partial charge in [-0.3, -0.25) is 24.0 Å². The van der Waals surface area contributed by atoms with E-state index in [0.29, 0.717) is 31.9 Å². The molecule has 0 aliphatic carbocycles. The summed E-state index contributed by atoms with van der Waals surface area (Å²) in [6, 6.07) is 4.24. The number of aromatic nitrogens is 2. The summed E-state index contributed by atoms with van der Waals surface area (Å²) in [5, 5.41) is 16.8. The molecule has 13 heteroatoms. The number of alkyl halides is 3. The van der Waals surface area contributed by atoms with Gasteiger partial charge >= 0.3 is 11.9 Å². The summed E-state index contributed by atoms with van der Waals surface area (Å²) in [6.45, 7) is 5.18. The molecule has 1 heterocycles. The van der Waals surface area contributed by atoms with Crippen molar-refractivity contribution in [2.24, 2.45) is 14.1 Å². The number of hydrogen-bond donors (Lipinski definition) is 2. The molecule has 0 atom stereocenters. The maximum absolute atomic E-state index is 13.1. The first-order chi connectivity index (χ1) is 16.0. The van der Waals surface area contributed by atoms with Crippen LogP contribution in [-0.2, 0) is 20.3 Å². The van der Waals surface area contributed by atoms with Gasteiger partial charge in [0.1, 0.15) is 11.4 Å². The summed E-state index contributed by atoms with van der Waals surface area (Å²) in [5.41, 5.74) is -2.87. The number of nitrogens with zero attached hydrogens (tertiary/aromatic N) is 4. The summed E-state index contributed by atoms with van der Waals surface area (Å²) in [7, 11) is 3.00. The first-order valence-electron chi connectivity index (χ1n) is 10.8. The lowest BCUT2D eigenvalue weighted by molar-refractivity contribution is -0.388. The molecule has 0 amide bonds. The van der Waals surface area contributed by atoms with Gasteiger partial charge in [0.05, 0.1) is 4.92 Å². The molecule has 0 aliphatic rings. The minimum atomic E-state index is -4.81. The molecule has 0 unspecified atom stereocenters. The van der Waals surface area contributed by atoms with E-state index >= 15 is 0 Å². The fraction of sp³-hybridized carbons (Fsp3) is 0.524. The topological polar surface area (TPSA) is 114 Å². The third-order valence-corrected chi connectivity index (χ3v) is 5.41. The summed E-state index contributed by atoms with van der Waals surface area (Å²) in [6.07, 6.45) is -3.41. The fourth-order valence-electron chi connectivity index (χ4n) is 3.42. The molecule has 10 nitrogen and oxygen atoms in total.